The lowest BCUT2D eigenvalue weighted by molar-refractivity contribution is -0.134. The monoisotopic (exact) mass is 408 g/mol. The zero-order chi connectivity index (χ0) is 20.8. The maximum absolute atomic E-state index is 13.0. The zero-order valence-electron chi connectivity index (χ0n) is 15.9. The van der Waals surface area contributed by atoms with Crippen LogP contribution in [0.25, 0.3) is 33.2 Å². The topological polar surface area (TPSA) is 74.0 Å². The predicted octanol–water partition coefficient (Wildman–Crippen LogP) is 4.42. The second-order valence-corrected chi connectivity index (χ2v) is 7.27. The van der Waals surface area contributed by atoms with E-state index in [1.54, 1.807) is 11.0 Å². The number of rotatable bonds is 5. The minimum atomic E-state index is -2.53. The highest BCUT2D eigenvalue weighted by Gasteiger charge is 2.31. The lowest BCUT2D eigenvalue weighted by Crippen LogP contribution is -2.55. The molecule has 0 aliphatic carbocycles. The quantitative estimate of drug-likeness (QED) is 0.480. The van der Waals surface area contributed by atoms with Crippen molar-refractivity contribution < 1.29 is 18.3 Å². The normalized spacial score (nSPS) is 14.4. The van der Waals surface area contributed by atoms with E-state index in [0.29, 0.717) is 30.0 Å². The van der Waals surface area contributed by atoms with E-state index >= 15 is 0 Å². The zero-order valence-corrected chi connectivity index (χ0v) is 15.9. The van der Waals surface area contributed by atoms with Gasteiger partial charge in [0.15, 0.2) is 0 Å². The molecule has 0 radical (unpaired) electrons. The molecule has 0 unspecified atom stereocenters. The molecule has 2 aromatic heterocycles. The molecule has 8 heteroatoms. The number of H-pyrrole nitrogens is 2. The molecule has 0 saturated carbocycles. The van der Waals surface area contributed by atoms with Crippen molar-refractivity contribution in [1.82, 2.24) is 20.1 Å². The summed E-state index contributed by atoms with van der Waals surface area (Å²) in [7, 11) is 0. The Hall–Kier alpha value is -3.68. The van der Waals surface area contributed by atoms with E-state index < -0.39 is 6.43 Å². The number of hydrogen-bond acceptors (Lipinski definition) is 3. The van der Waals surface area contributed by atoms with Gasteiger partial charge in [-0.25, -0.2) is 8.78 Å². The highest BCUT2D eigenvalue weighted by Crippen LogP contribution is 2.34. The lowest BCUT2D eigenvalue weighted by Gasteiger charge is -2.38. The van der Waals surface area contributed by atoms with Gasteiger partial charge in [0.25, 0.3) is 6.43 Å². The number of likely N-dealkylation sites (tertiary alicyclic amines) is 1. The molecule has 3 heterocycles. The van der Waals surface area contributed by atoms with Gasteiger partial charge in [-0.05, 0) is 30.3 Å². The number of hydrogen-bond donors (Lipinski definition) is 2. The van der Waals surface area contributed by atoms with Crippen LogP contribution in [0.5, 0.6) is 5.75 Å². The summed E-state index contributed by atoms with van der Waals surface area (Å²) < 4.78 is 32.0. The fourth-order valence-corrected chi connectivity index (χ4v) is 3.74. The molecule has 5 rings (SSSR count). The van der Waals surface area contributed by atoms with E-state index in [1.165, 1.54) is 18.2 Å². The first kappa shape index (κ1) is 18.4. The van der Waals surface area contributed by atoms with Gasteiger partial charge in [0.2, 0.25) is 5.91 Å². The van der Waals surface area contributed by atoms with Gasteiger partial charge in [-0.2, -0.15) is 5.10 Å². The third-order valence-electron chi connectivity index (χ3n) is 5.35. The molecule has 2 aromatic carbocycles. The molecule has 0 spiro atoms. The maximum Gasteiger partial charge on any atom is 0.263 e. The van der Waals surface area contributed by atoms with Crippen molar-refractivity contribution in [2.24, 2.45) is 0 Å². The summed E-state index contributed by atoms with van der Waals surface area (Å²) in [5.74, 6) is 0.614. The molecule has 6 nitrogen and oxygen atoms in total. The standard InChI is InChI=1S/C22H18F2N4O2/c1-2-20(29)28-10-13(11-28)30-19-5-3-4-16-15(19)9-18(25-16)21-14-7-6-12(22(23)24)8-17(14)26-27-21/h2-9,13,22,25H,1,10-11H2,(H,26,27). The molecular formula is C22H18F2N4O2. The summed E-state index contributed by atoms with van der Waals surface area (Å²) >= 11 is 0. The number of amides is 1. The van der Waals surface area contributed by atoms with Crippen LogP contribution in [0.15, 0.2) is 55.1 Å². The van der Waals surface area contributed by atoms with Crippen molar-refractivity contribution in [2.75, 3.05) is 13.1 Å². The smallest absolute Gasteiger partial charge is 0.263 e. The molecule has 0 atom stereocenters. The number of aromatic amines is 2. The van der Waals surface area contributed by atoms with E-state index in [-0.39, 0.29) is 17.6 Å². The van der Waals surface area contributed by atoms with Gasteiger partial charge in [-0.15, -0.1) is 0 Å². The Balaban J connectivity index is 1.45. The van der Waals surface area contributed by atoms with Crippen LogP contribution >= 0.6 is 0 Å². The molecule has 4 aromatic rings. The highest BCUT2D eigenvalue weighted by atomic mass is 19.3. The van der Waals surface area contributed by atoms with Crippen molar-refractivity contribution >= 4 is 27.7 Å². The van der Waals surface area contributed by atoms with Crippen LogP contribution in [-0.4, -0.2) is 45.2 Å². The first-order chi connectivity index (χ1) is 14.5. The Morgan fingerprint density at radius 1 is 1.20 bits per heavy atom. The van der Waals surface area contributed by atoms with Gasteiger partial charge in [-0.1, -0.05) is 24.8 Å². The van der Waals surface area contributed by atoms with Crippen molar-refractivity contribution in [3.63, 3.8) is 0 Å². The number of benzene rings is 2. The second kappa shape index (κ2) is 6.98. The van der Waals surface area contributed by atoms with Gasteiger partial charge in [-0.3, -0.25) is 9.89 Å². The van der Waals surface area contributed by atoms with Crippen LogP contribution in [0.3, 0.4) is 0 Å². The Morgan fingerprint density at radius 3 is 2.80 bits per heavy atom. The maximum atomic E-state index is 13.0. The largest absolute Gasteiger partial charge is 0.486 e. The van der Waals surface area contributed by atoms with Crippen LogP contribution in [0.1, 0.15) is 12.0 Å². The second-order valence-electron chi connectivity index (χ2n) is 7.27. The van der Waals surface area contributed by atoms with Crippen LogP contribution in [0, 0.1) is 0 Å². The van der Waals surface area contributed by atoms with Crippen molar-refractivity contribution in [3.8, 4) is 17.1 Å². The number of carbonyl (C=O) groups is 1. The number of alkyl halides is 2. The summed E-state index contributed by atoms with van der Waals surface area (Å²) in [5, 5.41) is 8.80. The van der Waals surface area contributed by atoms with Gasteiger partial charge in [0.05, 0.1) is 24.3 Å². The van der Waals surface area contributed by atoms with Gasteiger partial charge in [0.1, 0.15) is 17.5 Å². The van der Waals surface area contributed by atoms with E-state index in [4.69, 9.17) is 4.74 Å². The van der Waals surface area contributed by atoms with E-state index in [0.717, 1.165) is 22.0 Å². The van der Waals surface area contributed by atoms with Gasteiger partial charge >= 0.3 is 0 Å². The lowest BCUT2D eigenvalue weighted by atomic mass is 10.1. The van der Waals surface area contributed by atoms with Crippen molar-refractivity contribution in [3.05, 3.63) is 60.7 Å². The van der Waals surface area contributed by atoms with Crippen molar-refractivity contribution in [2.45, 2.75) is 12.5 Å². The van der Waals surface area contributed by atoms with E-state index in [2.05, 4.69) is 21.8 Å². The van der Waals surface area contributed by atoms with Crippen LogP contribution in [-0.2, 0) is 4.79 Å². The molecule has 30 heavy (non-hydrogen) atoms. The summed E-state index contributed by atoms with van der Waals surface area (Å²) in [5.41, 5.74) is 2.80. The number of carbonyl (C=O) groups excluding carboxylic acids is 1. The Morgan fingerprint density at radius 2 is 2.03 bits per heavy atom. The van der Waals surface area contributed by atoms with Gasteiger partial charge < -0.3 is 14.6 Å². The summed E-state index contributed by atoms with van der Waals surface area (Å²) in [6.45, 7) is 4.54. The number of halogens is 2. The average molecular weight is 408 g/mol. The minimum absolute atomic E-state index is 0.0467. The number of nitrogens with one attached hydrogen (secondary N) is 2. The van der Waals surface area contributed by atoms with E-state index in [1.807, 2.05) is 24.3 Å². The first-order valence-electron chi connectivity index (χ1n) is 9.50. The number of nitrogens with zero attached hydrogens (tertiary/aromatic N) is 2. The van der Waals surface area contributed by atoms with Crippen LogP contribution < -0.4 is 4.74 Å². The number of aromatic nitrogens is 3. The molecular weight excluding hydrogens is 390 g/mol. The Bertz CT molecular complexity index is 1270. The van der Waals surface area contributed by atoms with Crippen molar-refractivity contribution in [1.29, 1.82) is 0 Å². The Kier molecular flexibility index (Phi) is 4.27. The SMILES string of the molecule is C=CC(=O)N1CC(Oc2cccc3[nH]c(-c4n[nH]c5cc(C(F)F)ccc45)cc23)C1. The molecule has 2 N–H and O–H groups in total. The molecule has 1 amide bonds. The fourth-order valence-electron chi connectivity index (χ4n) is 3.74. The van der Waals surface area contributed by atoms with Crippen LogP contribution in [0.4, 0.5) is 8.78 Å². The molecule has 152 valence electrons. The third-order valence-corrected chi connectivity index (χ3v) is 5.35. The predicted molar refractivity (Wildman–Crippen MR) is 110 cm³/mol. The molecule has 0 bridgehead atoms. The van der Waals surface area contributed by atoms with Gasteiger partial charge in [0, 0.05) is 21.9 Å². The molecule has 1 fully saturated rings. The highest BCUT2D eigenvalue weighted by molar-refractivity contribution is 5.97. The number of ether oxygens (including phenoxy) is 1. The minimum Gasteiger partial charge on any atom is -0.486 e. The third kappa shape index (κ3) is 3.01. The molecule has 1 aliphatic rings. The van der Waals surface area contributed by atoms with Crippen LogP contribution in [0.2, 0.25) is 0 Å². The fraction of sp³-hybridized carbons (Fsp3) is 0.182. The number of fused-ring (bicyclic) bond motifs is 2. The molecule has 1 aliphatic heterocycles. The summed E-state index contributed by atoms with van der Waals surface area (Å²) in [6, 6.07) is 12.1. The first-order valence-corrected chi connectivity index (χ1v) is 9.50. The Labute approximate surface area is 170 Å². The van der Waals surface area contributed by atoms with E-state index in [9.17, 15) is 13.6 Å². The molecule has 1 saturated heterocycles. The summed E-state index contributed by atoms with van der Waals surface area (Å²) in [4.78, 5) is 16.6. The average Bonchev–Trinajstić information content (AvgIpc) is 3.33. The summed E-state index contributed by atoms with van der Waals surface area (Å²) in [6.07, 6.45) is -1.30.